The lowest BCUT2D eigenvalue weighted by Crippen LogP contribution is -2.18. The van der Waals surface area contributed by atoms with Crippen LogP contribution in [0.25, 0.3) is 10.9 Å². The first-order valence-electron chi connectivity index (χ1n) is 9.70. The molecule has 1 aliphatic heterocycles. The first-order chi connectivity index (χ1) is 15.2. The molecule has 8 heteroatoms. The van der Waals surface area contributed by atoms with Crippen LogP contribution in [-0.2, 0) is 0 Å². The second-order valence-electron chi connectivity index (χ2n) is 6.84. The minimum atomic E-state index is -0.317. The van der Waals surface area contributed by atoms with Gasteiger partial charge in [0.05, 0.1) is 19.0 Å². The highest BCUT2D eigenvalue weighted by atomic mass is 16.6. The third-order valence-electron chi connectivity index (χ3n) is 4.85. The predicted molar refractivity (Wildman–Crippen MR) is 115 cm³/mol. The van der Waals surface area contributed by atoms with Gasteiger partial charge in [-0.25, -0.2) is 4.98 Å². The fourth-order valence-electron chi connectivity index (χ4n) is 3.38. The fourth-order valence-corrected chi connectivity index (χ4v) is 3.38. The van der Waals surface area contributed by atoms with Gasteiger partial charge < -0.3 is 29.2 Å². The van der Waals surface area contributed by atoms with Gasteiger partial charge in [-0.2, -0.15) is 0 Å². The average molecular weight is 417 g/mol. The quantitative estimate of drug-likeness (QED) is 0.500. The molecule has 0 fully saturated rings. The molecule has 0 bridgehead atoms. The Labute approximate surface area is 177 Å². The van der Waals surface area contributed by atoms with E-state index >= 15 is 0 Å². The summed E-state index contributed by atoms with van der Waals surface area (Å²) in [6.07, 6.45) is 3.40. The highest BCUT2D eigenvalue weighted by molar-refractivity contribution is 6.05. The molecule has 156 valence electrons. The van der Waals surface area contributed by atoms with Crippen LogP contribution in [0.3, 0.4) is 0 Å². The number of pyridine rings is 1. The number of anilines is 1. The summed E-state index contributed by atoms with van der Waals surface area (Å²) in [4.78, 5) is 20.2. The molecule has 0 spiro atoms. The Morgan fingerprint density at radius 2 is 2.00 bits per heavy atom. The van der Waals surface area contributed by atoms with E-state index in [1.165, 1.54) is 7.11 Å². The normalized spacial score (nSPS) is 12.4. The molecule has 0 saturated carbocycles. The number of amides is 1. The summed E-state index contributed by atoms with van der Waals surface area (Å²) in [5.41, 5.74) is 1.91. The van der Waals surface area contributed by atoms with Gasteiger partial charge in [-0.1, -0.05) is 6.07 Å². The van der Waals surface area contributed by atoms with Crippen molar-refractivity contribution >= 4 is 22.5 Å². The SMILES string of the molecule is COc1cc(C(=O)Nc2ccc(Oc3cccc4[nH]ccc34)nc2)cc2c1OCCO2. The van der Waals surface area contributed by atoms with Crippen LogP contribution in [0.1, 0.15) is 10.4 Å². The minimum absolute atomic E-state index is 0.317. The Kier molecular flexibility index (Phi) is 4.80. The lowest BCUT2D eigenvalue weighted by molar-refractivity contribution is 0.102. The molecular formula is C23H19N3O5. The molecule has 1 aliphatic rings. The van der Waals surface area contributed by atoms with Crippen molar-refractivity contribution in [1.29, 1.82) is 0 Å². The monoisotopic (exact) mass is 417 g/mol. The first-order valence-corrected chi connectivity index (χ1v) is 9.70. The van der Waals surface area contributed by atoms with Gasteiger partial charge in [-0.3, -0.25) is 4.79 Å². The van der Waals surface area contributed by atoms with Crippen LogP contribution in [0.2, 0.25) is 0 Å². The Bertz CT molecular complexity index is 1230. The molecule has 0 saturated heterocycles. The number of aromatic amines is 1. The summed E-state index contributed by atoms with van der Waals surface area (Å²) < 4.78 is 22.4. The maximum absolute atomic E-state index is 12.7. The number of hydrogen-bond acceptors (Lipinski definition) is 6. The van der Waals surface area contributed by atoms with Crippen molar-refractivity contribution < 1.29 is 23.7 Å². The summed E-state index contributed by atoms with van der Waals surface area (Å²) in [6.45, 7) is 0.858. The molecule has 0 atom stereocenters. The van der Waals surface area contributed by atoms with Crippen LogP contribution < -0.4 is 24.3 Å². The van der Waals surface area contributed by atoms with Crippen LogP contribution in [0.15, 0.2) is 60.9 Å². The zero-order valence-corrected chi connectivity index (χ0v) is 16.7. The maximum Gasteiger partial charge on any atom is 0.255 e. The number of rotatable bonds is 5. The number of hydrogen-bond donors (Lipinski definition) is 2. The van der Waals surface area contributed by atoms with E-state index in [-0.39, 0.29) is 5.91 Å². The second kappa shape index (κ2) is 7.91. The van der Waals surface area contributed by atoms with Gasteiger partial charge in [0, 0.05) is 28.7 Å². The van der Waals surface area contributed by atoms with Gasteiger partial charge in [-0.15, -0.1) is 0 Å². The number of nitrogens with zero attached hydrogens (tertiary/aromatic N) is 1. The van der Waals surface area contributed by atoms with E-state index in [0.717, 1.165) is 10.9 Å². The van der Waals surface area contributed by atoms with Crippen LogP contribution in [0.5, 0.6) is 28.9 Å². The zero-order chi connectivity index (χ0) is 21.2. The topological polar surface area (TPSA) is 94.7 Å². The summed E-state index contributed by atoms with van der Waals surface area (Å²) in [6, 6.07) is 14.4. The molecule has 3 heterocycles. The number of benzene rings is 2. The van der Waals surface area contributed by atoms with E-state index in [1.807, 2.05) is 30.5 Å². The number of ether oxygens (including phenoxy) is 4. The summed E-state index contributed by atoms with van der Waals surface area (Å²) in [5, 5.41) is 3.79. The number of nitrogens with one attached hydrogen (secondary N) is 2. The predicted octanol–water partition coefficient (Wildman–Crippen LogP) is 4.39. The number of carbonyl (C=O) groups excluding carboxylic acids is 1. The molecular weight excluding hydrogens is 398 g/mol. The summed E-state index contributed by atoms with van der Waals surface area (Å²) in [5.74, 6) is 2.24. The molecule has 2 N–H and O–H groups in total. The number of H-pyrrole nitrogens is 1. The van der Waals surface area contributed by atoms with E-state index in [1.54, 1.807) is 30.5 Å². The molecule has 2 aromatic heterocycles. The van der Waals surface area contributed by atoms with Gasteiger partial charge in [0.1, 0.15) is 19.0 Å². The highest BCUT2D eigenvalue weighted by Gasteiger charge is 2.21. The van der Waals surface area contributed by atoms with E-state index < -0.39 is 0 Å². The Hall–Kier alpha value is -4.20. The molecule has 31 heavy (non-hydrogen) atoms. The van der Waals surface area contributed by atoms with Gasteiger partial charge in [0.25, 0.3) is 5.91 Å². The average Bonchev–Trinajstić information content (AvgIpc) is 3.29. The van der Waals surface area contributed by atoms with Crippen molar-refractivity contribution in [1.82, 2.24) is 9.97 Å². The third kappa shape index (κ3) is 3.71. The molecule has 0 aliphatic carbocycles. The lowest BCUT2D eigenvalue weighted by Gasteiger charge is -2.21. The van der Waals surface area contributed by atoms with Gasteiger partial charge in [0.2, 0.25) is 11.6 Å². The van der Waals surface area contributed by atoms with Crippen molar-refractivity contribution in [3.63, 3.8) is 0 Å². The molecule has 0 unspecified atom stereocenters. The number of fused-ring (bicyclic) bond motifs is 2. The van der Waals surface area contributed by atoms with Crippen LogP contribution >= 0.6 is 0 Å². The van der Waals surface area contributed by atoms with E-state index in [0.29, 0.717) is 53.3 Å². The molecule has 4 aromatic rings. The largest absolute Gasteiger partial charge is 0.493 e. The van der Waals surface area contributed by atoms with Crippen molar-refractivity contribution in [2.24, 2.45) is 0 Å². The van der Waals surface area contributed by atoms with Gasteiger partial charge >= 0.3 is 0 Å². The Balaban J connectivity index is 1.32. The minimum Gasteiger partial charge on any atom is -0.493 e. The van der Waals surface area contributed by atoms with Crippen LogP contribution in [0, 0.1) is 0 Å². The van der Waals surface area contributed by atoms with Crippen molar-refractivity contribution in [3.8, 4) is 28.9 Å². The van der Waals surface area contributed by atoms with E-state index in [4.69, 9.17) is 18.9 Å². The first kappa shape index (κ1) is 18.8. The van der Waals surface area contributed by atoms with Gasteiger partial charge in [0.15, 0.2) is 11.5 Å². The van der Waals surface area contributed by atoms with E-state index in [2.05, 4.69) is 15.3 Å². The molecule has 5 rings (SSSR count). The van der Waals surface area contributed by atoms with Crippen molar-refractivity contribution in [3.05, 3.63) is 66.5 Å². The lowest BCUT2D eigenvalue weighted by atomic mass is 10.1. The second-order valence-corrected chi connectivity index (χ2v) is 6.84. The molecule has 2 aromatic carbocycles. The number of methoxy groups -OCH3 is 1. The Morgan fingerprint density at radius 3 is 2.84 bits per heavy atom. The molecule has 1 amide bonds. The molecule has 8 nitrogen and oxygen atoms in total. The van der Waals surface area contributed by atoms with Crippen LogP contribution in [0.4, 0.5) is 5.69 Å². The number of carbonyl (C=O) groups is 1. The fraction of sp³-hybridized carbons (Fsp3) is 0.130. The van der Waals surface area contributed by atoms with E-state index in [9.17, 15) is 4.79 Å². The Morgan fingerprint density at radius 1 is 1.10 bits per heavy atom. The number of aromatic nitrogens is 2. The zero-order valence-electron chi connectivity index (χ0n) is 16.7. The third-order valence-corrected chi connectivity index (χ3v) is 4.85. The standard InChI is InChI=1S/C23H19N3O5/c1-28-19-11-14(12-20-22(19)30-10-9-29-20)23(27)26-15-5-6-21(25-13-15)31-18-4-2-3-17-16(18)7-8-24-17/h2-8,11-13,24H,9-10H2,1H3,(H,26,27). The van der Waals surface area contributed by atoms with Crippen molar-refractivity contribution in [2.75, 3.05) is 25.6 Å². The highest BCUT2D eigenvalue weighted by Crippen LogP contribution is 2.40. The van der Waals surface area contributed by atoms with Crippen LogP contribution in [-0.4, -0.2) is 36.2 Å². The molecule has 0 radical (unpaired) electrons. The van der Waals surface area contributed by atoms with Gasteiger partial charge in [-0.05, 0) is 36.4 Å². The maximum atomic E-state index is 12.7. The smallest absolute Gasteiger partial charge is 0.255 e. The summed E-state index contributed by atoms with van der Waals surface area (Å²) in [7, 11) is 1.52. The van der Waals surface area contributed by atoms with Crippen molar-refractivity contribution in [2.45, 2.75) is 0 Å². The summed E-state index contributed by atoms with van der Waals surface area (Å²) >= 11 is 0.